The quantitative estimate of drug-likeness (QED) is 0.916. The van der Waals surface area contributed by atoms with Crippen molar-refractivity contribution in [1.82, 2.24) is 9.78 Å². The lowest BCUT2D eigenvalue weighted by Crippen LogP contribution is -2.22. The molecule has 0 fully saturated rings. The Hall–Kier alpha value is -2.74. The van der Waals surface area contributed by atoms with Crippen LogP contribution in [0, 0.1) is 18.3 Å². The number of hydrogen-bond donors (Lipinski definition) is 1. The molecule has 1 aromatic heterocycles. The van der Waals surface area contributed by atoms with Crippen LogP contribution in [-0.4, -0.2) is 9.78 Å². The molecule has 5 nitrogen and oxygen atoms in total. The summed E-state index contributed by atoms with van der Waals surface area (Å²) in [7, 11) is 0. The van der Waals surface area contributed by atoms with Crippen LogP contribution in [0.4, 0.5) is 0 Å². The Morgan fingerprint density at radius 3 is 2.71 bits per heavy atom. The molecule has 0 saturated heterocycles. The number of nitrogens with two attached hydrogens (primary N) is 1. The Balaban J connectivity index is 2.27. The lowest BCUT2D eigenvalue weighted by Gasteiger charge is -2.24. The van der Waals surface area contributed by atoms with Gasteiger partial charge in [-0.05, 0) is 19.4 Å². The van der Waals surface area contributed by atoms with Gasteiger partial charge in [-0.25, -0.2) is 4.68 Å². The predicted molar refractivity (Wildman–Crippen MR) is 78.4 cm³/mol. The zero-order valence-electron chi connectivity index (χ0n) is 12.0. The molecule has 0 radical (unpaired) electrons. The Kier molecular flexibility index (Phi) is 3.15. The monoisotopic (exact) mass is 280 g/mol. The predicted octanol–water partition coefficient (Wildman–Crippen LogP) is 2.43. The smallest absolute Gasteiger partial charge is 0.224 e. The second-order valence-electron chi connectivity index (χ2n) is 4.96. The van der Waals surface area contributed by atoms with Crippen LogP contribution in [0.1, 0.15) is 29.7 Å². The molecule has 2 heterocycles. The molecule has 1 aliphatic heterocycles. The molecule has 1 aliphatic rings. The van der Waals surface area contributed by atoms with Gasteiger partial charge in [-0.3, -0.25) is 0 Å². The van der Waals surface area contributed by atoms with Crippen LogP contribution in [0.25, 0.3) is 0 Å². The van der Waals surface area contributed by atoms with Crippen molar-refractivity contribution < 1.29 is 4.74 Å². The first-order valence-electron chi connectivity index (χ1n) is 6.87. The summed E-state index contributed by atoms with van der Waals surface area (Å²) in [5.74, 6) is 0.578. The van der Waals surface area contributed by atoms with E-state index in [1.807, 2.05) is 44.2 Å². The molecule has 1 aromatic carbocycles. The number of allylic oxidation sites excluding steroid dienone is 1. The van der Waals surface area contributed by atoms with Crippen molar-refractivity contribution in [1.29, 1.82) is 5.26 Å². The van der Waals surface area contributed by atoms with E-state index < -0.39 is 0 Å². The summed E-state index contributed by atoms with van der Waals surface area (Å²) in [6, 6.07) is 12.0. The molecule has 3 rings (SSSR count). The van der Waals surface area contributed by atoms with Gasteiger partial charge in [0.25, 0.3) is 0 Å². The Morgan fingerprint density at radius 2 is 2.10 bits per heavy atom. The molecule has 0 amide bonds. The number of benzene rings is 1. The molecule has 0 saturated carbocycles. The summed E-state index contributed by atoms with van der Waals surface area (Å²) in [5, 5.41) is 14.0. The van der Waals surface area contributed by atoms with Gasteiger partial charge >= 0.3 is 0 Å². The summed E-state index contributed by atoms with van der Waals surface area (Å²) < 4.78 is 7.44. The minimum atomic E-state index is -0.222. The molecule has 1 atom stereocenters. The van der Waals surface area contributed by atoms with Crippen molar-refractivity contribution in [3.63, 3.8) is 0 Å². The number of aromatic nitrogens is 2. The second-order valence-corrected chi connectivity index (χ2v) is 4.96. The average Bonchev–Trinajstić information content (AvgIpc) is 2.82. The van der Waals surface area contributed by atoms with Crippen LogP contribution in [-0.2, 0) is 6.54 Å². The normalized spacial score (nSPS) is 17.1. The fraction of sp³-hybridized carbons (Fsp3) is 0.250. The van der Waals surface area contributed by atoms with Gasteiger partial charge in [0.1, 0.15) is 11.6 Å². The highest BCUT2D eigenvalue weighted by Gasteiger charge is 2.35. The van der Waals surface area contributed by atoms with Crippen LogP contribution < -0.4 is 10.5 Å². The van der Waals surface area contributed by atoms with Crippen molar-refractivity contribution in [2.45, 2.75) is 26.3 Å². The summed E-state index contributed by atoms with van der Waals surface area (Å²) in [6.07, 6.45) is 0. The van der Waals surface area contributed by atoms with E-state index in [2.05, 4.69) is 11.2 Å². The lowest BCUT2D eigenvalue weighted by atomic mass is 9.84. The third kappa shape index (κ3) is 1.96. The maximum absolute atomic E-state index is 9.48. The van der Waals surface area contributed by atoms with E-state index in [4.69, 9.17) is 10.5 Å². The molecule has 21 heavy (non-hydrogen) atoms. The second kappa shape index (κ2) is 4.98. The van der Waals surface area contributed by atoms with Gasteiger partial charge in [0.15, 0.2) is 0 Å². The van der Waals surface area contributed by atoms with Crippen molar-refractivity contribution in [3.8, 4) is 11.9 Å². The first-order chi connectivity index (χ1) is 10.2. The molecular weight excluding hydrogens is 264 g/mol. The Bertz CT molecular complexity index is 753. The van der Waals surface area contributed by atoms with Crippen molar-refractivity contribution >= 4 is 0 Å². The van der Waals surface area contributed by atoms with E-state index >= 15 is 0 Å². The number of hydrogen-bond acceptors (Lipinski definition) is 4. The van der Waals surface area contributed by atoms with Crippen LogP contribution >= 0.6 is 0 Å². The molecule has 2 N–H and O–H groups in total. The number of fused-ring (bicyclic) bond motifs is 1. The van der Waals surface area contributed by atoms with E-state index in [1.54, 1.807) is 4.68 Å². The summed E-state index contributed by atoms with van der Waals surface area (Å²) >= 11 is 0. The zero-order valence-corrected chi connectivity index (χ0v) is 12.0. The van der Waals surface area contributed by atoms with Gasteiger partial charge in [-0.15, -0.1) is 0 Å². The van der Waals surface area contributed by atoms with E-state index in [0.717, 1.165) is 16.8 Å². The lowest BCUT2D eigenvalue weighted by molar-refractivity contribution is 0.350. The average molecular weight is 280 g/mol. The minimum Gasteiger partial charge on any atom is -0.422 e. The zero-order chi connectivity index (χ0) is 15.0. The van der Waals surface area contributed by atoms with E-state index in [9.17, 15) is 5.26 Å². The number of nitrogens with zero attached hydrogens (tertiary/aromatic N) is 3. The van der Waals surface area contributed by atoms with E-state index in [1.165, 1.54) is 0 Å². The van der Waals surface area contributed by atoms with Crippen LogP contribution in [0.5, 0.6) is 5.88 Å². The van der Waals surface area contributed by atoms with Crippen LogP contribution in [0.2, 0.25) is 0 Å². The van der Waals surface area contributed by atoms with Gasteiger partial charge in [-0.2, -0.15) is 10.4 Å². The van der Waals surface area contributed by atoms with Crippen molar-refractivity contribution in [3.05, 3.63) is 58.6 Å². The Labute approximate surface area is 123 Å². The fourth-order valence-corrected chi connectivity index (χ4v) is 2.77. The van der Waals surface area contributed by atoms with E-state index in [-0.39, 0.29) is 11.8 Å². The highest BCUT2D eigenvalue weighted by atomic mass is 16.5. The van der Waals surface area contributed by atoms with Crippen LogP contribution in [0.15, 0.2) is 41.8 Å². The Morgan fingerprint density at radius 1 is 1.38 bits per heavy atom. The fourth-order valence-electron chi connectivity index (χ4n) is 2.77. The highest BCUT2D eigenvalue weighted by Crippen LogP contribution is 2.43. The molecule has 0 bridgehead atoms. The summed E-state index contributed by atoms with van der Waals surface area (Å²) in [4.78, 5) is 0. The standard InChI is InChI=1S/C16H16N4O/c1-3-20-16-13(10(2)19-20)14(11-7-5-4-6-8-11)12(9-17)15(18)21-16/h4-8,14H,3,18H2,1-2H3/t14-/m1/s1. The molecular formula is C16H16N4O. The summed E-state index contributed by atoms with van der Waals surface area (Å²) in [6.45, 7) is 4.61. The molecule has 5 heteroatoms. The molecule has 0 spiro atoms. The van der Waals surface area contributed by atoms with Gasteiger partial charge in [0.05, 0.1) is 17.2 Å². The molecule has 106 valence electrons. The third-order valence-corrected chi connectivity index (χ3v) is 3.73. The SMILES string of the molecule is CCn1nc(C)c2c1OC(N)=C(C#N)[C@H]2c1ccccc1. The number of rotatable bonds is 2. The maximum atomic E-state index is 9.48. The number of aryl methyl sites for hydroxylation is 2. The van der Waals surface area contributed by atoms with E-state index in [0.29, 0.717) is 18.0 Å². The summed E-state index contributed by atoms with van der Waals surface area (Å²) in [5.41, 5.74) is 9.20. The largest absolute Gasteiger partial charge is 0.422 e. The molecule has 0 aliphatic carbocycles. The van der Waals surface area contributed by atoms with Gasteiger partial charge in [-0.1, -0.05) is 30.3 Å². The molecule has 0 unspecified atom stereocenters. The number of nitriles is 1. The van der Waals surface area contributed by atoms with Gasteiger partial charge in [0.2, 0.25) is 11.8 Å². The highest BCUT2D eigenvalue weighted by molar-refractivity contribution is 5.55. The first kappa shape index (κ1) is 13.3. The maximum Gasteiger partial charge on any atom is 0.224 e. The third-order valence-electron chi connectivity index (χ3n) is 3.73. The van der Waals surface area contributed by atoms with Crippen molar-refractivity contribution in [2.75, 3.05) is 0 Å². The first-order valence-corrected chi connectivity index (χ1v) is 6.87. The minimum absolute atomic E-state index is 0.161. The van der Waals surface area contributed by atoms with Gasteiger partial charge < -0.3 is 10.5 Å². The number of ether oxygens (including phenoxy) is 1. The van der Waals surface area contributed by atoms with Gasteiger partial charge in [0, 0.05) is 6.54 Å². The van der Waals surface area contributed by atoms with Crippen LogP contribution in [0.3, 0.4) is 0 Å². The topological polar surface area (TPSA) is 76.9 Å². The molecule has 2 aromatic rings. The van der Waals surface area contributed by atoms with Crippen molar-refractivity contribution in [2.24, 2.45) is 5.73 Å².